The molecule has 0 aliphatic rings. The molecular weight excluding hydrogens is 196 g/mol. The van der Waals surface area contributed by atoms with Crippen molar-refractivity contribution in [3.8, 4) is 0 Å². The molecule has 0 aliphatic carbocycles. The van der Waals surface area contributed by atoms with Gasteiger partial charge in [0.2, 0.25) is 5.71 Å². The Kier molecular flexibility index (Phi) is 2.37. The molecule has 2 aromatic rings. The van der Waals surface area contributed by atoms with Gasteiger partial charge in [-0.05, 0) is 18.1 Å². The minimum absolute atomic E-state index is 0.420. The van der Waals surface area contributed by atoms with E-state index in [4.69, 9.17) is 9.52 Å². The van der Waals surface area contributed by atoms with Crippen molar-refractivity contribution in [3.63, 3.8) is 0 Å². The molecule has 0 saturated heterocycles. The number of pyridine rings is 1. The van der Waals surface area contributed by atoms with Crippen molar-refractivity contribution < 1.29 is 14.3 Å². The van der Waals surface area contributed by atoms with E-state index in [9.17, 15) is 4.79 Å². The molecule has 5 heteroatoms. The summed E-state index contributed by atoms with van der Waals surface area (Å²) in [6, 6.07) is 1.80. The topological polar surface area (TPSA) is 76.2 Å². The van der Waals surface area contributed by atoms with Crippen LogP contribution in [-0.2, 0) is 11.2 Å². The Labute approximate surface area is 85.8 Å². The maximum absolute atomic E-state index is 10.7. The highest BCUT2D eigenvalue weighted by Gasteiger charge is 2.12. The number of aliphatic carboxylic acids is 1. The van der Waals surface area contributed by atoms with Gasteiger partial charge in [-0.1, -0.05) is 6.92 Å². The number of fused-ring (bicyclic) bond motifs is 1. The van der Waals surface area contributed by atoms with E-state index in [1.165, 1.54) is 6.39 Å². The molecule has 15 heavy (non-hydrogen) atoms. The molecule has 1 unspecified atom stereocenters. The second-order valence-corrected chi connectivity index (χ2v) is 3.46. The number of carbonyl (C=O) groups is 1. The predicted octanol–water partition coefficient (Wildman–Crippen LogP) is 1.49. The highest BCUT2D eigenvalue weighted by atomic mass is 16.4. The van der Waals surface area contributed by atoms with Gasteiger partial charge in [0.15, 0.2) is 6.39 Å². The van der Waals surface area contributed by atoms with E-state index >= 15 is 0 Å². The first-order valence-corrected chi connectivity index (χ1v) is 4.58. The van der Waals surface area contributed by atoms with Crippen LogP contribution in [0.3, 0.4) is 0 Å². The smallest absolute Gasteiger partial charge is 0.306 e. The van der Waals surface area contributed by atoms with Crippen molar-refractivity contribution in [1.82, 2.24) is 9.97 Å². The fourth-order valence-electron chi connectivity index (χ4n) is 1.35. The van der Waals surface area contributed by atoms with Crippen LogP contribution in [0.5, 0.6) is 0 Å². The fraction of sp³-hybridized carbons (Fsp3) is 0.300. The van der Waals surface area contributed by atoms with Gasteiger partial charge in [-0.15, -0.1) is 0 Å². The predicted molar refractivity (Wildman–Crippen MR) is 52.3 cm³/mol. The Morgan fingerprint density at radius 3 is 3.13 bits per heavy atom. The normalized spacial score (nSPS) is 12.9. The van der Waals surface area contributed by atoms with E-state index in [1.54, 1.807) is 19.2 Å². The average Bonchev–Trinajstić information content (AvgIpc) is 2.64. The number of aromatic nitrogens is 2. The lowest BCUT2D eigenvalue weighted by atomic mass is 10.0. The Balaban J connectivity index is 2.24. The third kappa shape index (κ3) is 1.96. The van der Waals surface area contributed by atoms with Gasteiger partial charge in [-0.3, -0.25) is 4.79 Å². The van der Waals surface area contributed by atoms with E-state index < -0.39 is 11.9 Å². The van der Waals surface area contributed by atoms with Crippen LogP contribution in [0.1, 0.15) is 12.5 Å². The quantitative estimate of drug-likeness (QED) is 0.823. The van der Waals surface area contributed by atoms with Gasteiger partial charge < -0.3 is 9.52 Å². The number of hydrogen-bond donors (Lipinski definition) is 1. The summed E-state index contributed by atoms with van der Waals surface area (Å²) < 4.78 is 4.99. The van der Waals surface area contributed by atoms with Gasteiger partial charge in [-0.25, -0.2) is 9.97 Å². The van der Waals surface area contributed by atoms with E-state index in [1.807, 2.05) is 0 Å². The summed E-state index contributed by atoms with van der Waals surface area (Å²) >= 11 is 0. The highest BCUT2D eigenvalue weighted by Crippen LogP contribution is 2.14. The fourth-order valence-corrected chi connectivity index (χ4v) is 1.35. The number of carboxylic acids is 1. The summed E-state index contributed by atoms with van der Waals surface area (Å²) in [4.78, 5) is 18.6. The molecule has 2 heterocycles. The maximum atomic E-state index is 10.7. The summed E-state index contributed by atoms with van der Waals surface area (Å²) in [7, 11) is 0. The molecule has 0 saturated carbocycles. The number of carboxylic acid groups (broad SMARTS) is 1. The lowest BCUT2D eigenvalue weighted by Crippen LogP contribution is -2.12. The van der Waals surface area contributed by atoms with Crippen molar-refractivity contribution in [2.45, 2.75) is 13.3 Å². The van der Waals surface area contributed by atoms with Gasteiger partial charge in [-0.2, -0.15) is 0 Å². The van der Waals surface area contributed by atoms with Gasteiger partial charge in [0.1, 0.15) is 5.52 Å². The molecule has 0 spiro atoms. The van der Waals surface area contributed by atoms with Gasteiger partial charge >= 0.3 is 5.97 Å². The van der Waals surface area contributed by atoms with Crippen molar-refractivity contribution in [1.29, 1.82) is 0 Å². The molecule has 2 aromatic heterocycles. The van der Waals surface area contributed by atoms with Crippen LogP contribution in [0.4, 0.5) is 0 Å². The van der Waals surface area contributed by atoms with Crippen LogP contribution >= 0.6 is 0 Å². The summed E-state index contributed by atoms with van der Waals surface area (Å²) in [5, 5.41) is 8.76. The molecule has 1 atom stereocenters. The number of hydrogen-bond acceptors (Lipinski definition) is 4. The van der Waals surface area contributed by atoms with Crippen LogP contribution in [-0.4, -0.2) is 21.0 Å². The number of oxazole rings is 1. The molecular formula is C10H10N2O3. The second kappa shape index (κ2) is 3.68. The number of rotatable bonds is 3. The summed E-state index contributed by atoms with van der Waals surface area (Å²) in [6.45, 7) is 1.66. The van der Waals surface area contributed by atoms with E-state index in [2.05, 4.69) is 9.97 Å². The molecule has 5 nitrogen and oxygen atoms in total. The highest BCUT2D eigenvalue weighted by molar-refractivity contribution is 5.71. The Morgan fingerprint density at radius 1 is 1.60 bits per heavy atom. The summed E-state index contributed by atoms with van der Waals surface area (Å²) in [5.41, 5.74) is 1.98. The van der Waals surface area contributed by atoms with Gasteiger partial charge in [0, 0.05) is 6.20 Å². The third-order valence-corrected chi connectivity index (χ3v) is 2.21. The van der Waals surface area contributed by atoms with E-state index in [0.29, 0.717) is 17.7 Å². The molecule has 0 fully saturated rings. The molecule has 0 amide bonds. The molecule has 2 rings (SSSR count). The molecule has 1 N–H and O–H groups in total. The van der Waals surface area contributed by atoms with Crippen LogP contribution < -0.4 is 0 Å². The SMILES string of the molecule is CC(Cc1cnc2ocnc2c1)C(=O)O. The Hall–Kier alpha value is -1.91. The van der Waals surface area contributed by atoms with Crippen LogP contribution in [0, 0.1) is 5.92 Å². The molecule has 78 valence electrons. The van der Waals surface area contributed by atoms with E-state index in [-0.39, 0.29) is 0 Å². The minimum Gasteiger partial charge on any atom is -0.481 e. The zero-order chi connectivity index (χ0) is 10.8. The summed E-state index contributed by atoms with van der Waals surface area (Å²) in [5.74, 6) is -1.23. The van der Waals surface area contributed by atoms with Crippen LogP contribution in [0.2, 0.25) is 0 Å². The van der Waals surface area contributed by atoms with Gasteiger partial charge in [0.25, 0.3) is 0 Å². The van der Waals surface area contributed by atoms with Crippen molar-refractivity contribution in [2.75, 3.05) is 0 Å². The Morgan fingerprint density at radius 2 is 2.40 bits per heavy atom. The van der Waals surface area contributed by atoms with Gasteiger partial charge in [0.05, 0.1) is 5.92 Å². The van der Waals surface area contributed by atoms with Crippen molar-refractivity contribution in [2.24, 2.45) is 5.92 Å². The van der Waals surface area contributed by atoms with E-state index in [0.717, 1.165) is 5.56 Å². The molecule has 0 aromatic carbocycles. The van der Waals surface area contributed by atoms with Crippen LogP contribution in [0.25, 0.3) is 11.2 Å². The van der Waals surface area contributed by atoms with Crippen LogP contribution in [0.15, 0.2) is 23.1 Å². The largest absolute Gasteiger partial charge is 0.481 e. The lowest BCUT2D eigenvalue weighted by molar-refractivity contribution is -0.141. The second-order valence-electron chi connectivity index (χ2n) is 3.46. The zero-order valence-electron chi connectivity index (χ0n) is 8.17. The first-order chi connectivity index (χ1) is 7.16. The number of nitrogens with zero attached hydrogens (tertiary/aromatic N) is 2. The van der Waals surface area contributed by atoms with Crippen molar-refractivity contribution >= 4 is 17.2 Å². The average molecular weight is 206 g/mol. The summed E-state index contributed by atoms with van der Waals surface area (Å²) in [6.07, 6.45) is 3.39. The Bertz CT molecular complexity index is 492. The zero-order valence-corrected chi connectivity index (χ0v) is 8.17. The monoisotopic (exact) mass is 206 g/mol. The standard InChI is InChI=1S/C10H10N2O3/c1-6(10(13)14)2-7-3-8-9(11-4-7)15-5-12-8/h3-6H,2H2,1H3,(H,13,14). The maximum Gasteiger partial charge on any atom is 0.306 e. The van der Waals surface area contributed by atoms with Crippen molar-refractivity contribution in [3.05, 3.63) is 24.2 Å². The molecule has 0 bridgehead atoms. The third-order valence-electron chi connectivity index (χ3n) is 2.21. The molecule has 0 radical (unpaired) electrons. The first-order valence-electron chi connectivity index (χ1n) is 4.58. The lowest BCUT2D eigenvalue weighted by Gasteiger charge is -2.04. The minimum atomic E-state index is -0.810. The molecule has 0 aliphatic heterocycles. The first kappa shape index (κ1) is 9.64.